The Kier molecular flexibility index (Phi) is 14.5. The van der Waals surface area contributed by atoms with Crippen molar-refractivity contribution < 1.29 is 48.3 Å². The molecular weight excluding hydrogens is 692 g/mol. The van der Waals surface area contributed by atoms with Crippen molar-refractivity contribution in [1.29, 1.82) is 0 Å². The fraction of sp³-hybridized carbons (Fsp3) is 0.657. The largest absolute Gasteiger partial charge is 0.481 e. The monoisotopic (exact) mass is 746 g/mol. The van der Waals surface area contributed by atoms with Crippen LogP contribution in [-0.2, 0) is 33.3 Å². The molecule has 10 N–H and O–H groups in total. The van der Waals surface area contributed by atoms with E-state index in [9.17, 15) is 29.4 Å². The lowest BCUT2D eigenvalue weighted by Crippen LogP contribution is -2.56. The SMILES string of the molecule is CO[C@@H]1[C@H](OC(=O)NCC(=O)N[C@@H](CCCN=C(N)N)C(=O)NC[C@@H](O)N[C@@H](CC(=O)O)c2cccnc2)CC[C@]2(CO2)[C@H]1[C@@]1(C)O[C@@H]1CC=C(C)C. The third-order valence-electron chi connectivity index (χ3n) is 9.81. The molecule has 53 heavy (non-hydrogen) atoms. The van der Waals surface area contributed by atoms with Gasteiger partial charge < -0.3 is 56.6 Å². The summed E-state index contributed by atoms with van der Waals surface area (Å²) in [6.07, 6.45) is 3.87. The van der Waals surface area contributed by atoms with E-state index in [1.54, 1.807) is 19.2 Å². The van der Waals surface area contributed by atoms with E-state index < -0.39 is 72.1 Å². The number of nitrogens with zero attached hydrogens (tertiary/aromatic N) is 2. The third-order valence-corrected chi connectivity index (χ3v) is 9.81. The molecule has 2 aliphatic heterocycles. The lowest BCUT2D eigenvalue weighted by atomic mass is 9.68. The second-order valence-electron chi connectivity index (χ2n) is 14.1. The van der Waals surface area contributed by atoms with Crippen molar-refractivity contribution in [3.63, 3.8) is 0 Å². The van der Waals surface area contributed by atoms with Crippen LogP contribution >= 0.6 is 0 Å². The molecule has 0 bridgehead atoms. The number of allylic oxidation sites excluding steroid dienone is 1. The topological polar surface area (TPSA) is 278 Å². The van der Waals surface area contributed by atoms with Crippen molar-refractivity contribution in [2.24, 2.45) is 22.4 Å². The molecule has 1 saturated carbocycles. The summed E-state index contributed by atoms with van der Waals surface area (Å²) < 4.78 is 23.9. The van der Waals surface area contributed by atoms with E-state index in [1.807, 2.05) is 20.8 Å². The van der Waals surface area contributed by atoms with E-state index in [0.717, 1.165) is 6.42 Å². The predicted molar refractivity (Wildman–Crippen MR) is 191 cm³/mol. The fourth-order valence-electron chi connectivity index (χ4n) is 7.06. The van der Waals surface area contributed by atoms with Crippen molar-refractivity contribution >= 4 is 29.8 Å². The molecule has 0 aromatic carbocycles. The number of guanidine groups is 1. The van der Waals surface area contributed by atoms with Crippen LogP contribution in [0.1, 0.15) is 70.9 Å². The van der Waals surface area contributed by atoms with Gasteiger partial charge in [0.05, 0.1) is 31.6 Å². The van der Waals surface area contributed by atoms with Crippen molar-refractivity contribution in [2.45, 2.75) is 107 Å². The molecule has 9 atom stereocenters. The van der Waals surface area contributed by atoms with Crippen LogP contribution < -0.4 is 32.7 Å². The van der Waals surface area contributed by atoms with Crippen LogP contribution in [0.2, 0.25) is 0 Å². The second-order valence-corrected chi connectivity index (χ2v) is 14.1. The van der Waals surface area contributed by atoms with Gasteiger partial charge in [-0.25, -0.2) is 4.79 Å². The van der Waals surface area contributed by atoms with Gasteiger partial charge in [-0.3, -0.25) is 29.7 Å². The minimum absolute atomic E-state index is 0.0118. The molecule has 294 valence electrons. The lowest BCUT2D eigenvalue weighted by Gasteiger charge is -2.42. The molecule has 3 amide bonds. The summed E-state index contributed by atoms with van der Waals surface area (Å²) in [5.41, 5.74) is 11.6. The van der Waals surface area contributed by atoms with Crippen molar-refractivity contribution in [3.8, 4) is 0 Å². The van der Waals surface area contributed by atoms with Gasteiger partial charge in [0, 0.05) is 32.1 Å². The Morgan fingerprint density at radius 1 is 1.23 bits per heavy atom. The highest BCUT2D eigenvalue weighted by Gasteiger charge is 2.72. The quantitative estimate of drug-likeness (QED) is 0.0217. The first-order chi connectivity index (χ1) is 25.2. The summed E-state index contributed by atoms with van der Waals surface area (Å²) >= 11 is 0. The van der Waals surface area contributed by atoms with Crippen molar-refractivity contribution in [3.05, 3.63) is 41.7 Å². The van der Waals surface area contributed by atoms with Crippen LogP contribution in [0.5, 0.6) is 0 Å². The van der Waals surface area contributed by atoms with Gasteiger partial charge in [-0.2, -0.15) is 0 Å². The van der Waals surface area contributed by atoms with E-state index >= 15 is 0 Å². The zero-order valence-corrected chi connectivity index (χ0v) is 30.7. The van der Waals surface area contributed by atoms with Crippen LogP contribution in [-0.4, -0.2) is 120 Å². The molecule has 1 aromatic heterocycles. The first-order valence-corrected chi connectivity index (χ1v) is 17.8. The number of methoxy groups -OCH3 is 1. The van der Waals surface area contributed by atoms with E-state index in [4.69, 9.17) is 30.4 Å². The molecule has 3 fully saturated rings. The minimum Gasteiger partial charge on any atom is -0.481 e. The number of aliphatic carboxylic acids is 1. The molecule has 0 unspecified atom stereocenters. The zero-order valence-electron chi connectivity index (χ0n) is 30.7. The highest BCUT2D eigenvalue weighted by Crippen LogP contribution is 2.59. The number of nitrogens with one attached hydrogen (secondary N) is 4. The van der Waals surface area contributed by atoms with E-state index in [0.29, 0.717) is 31.4 Å². The van der Waals surface area contributed by atoms with E-state index in [1.165, 1.54) is 18.0 Å². The van der Waals surface area contributed by atoms with Crippen molar-refractivity contribution in [1.82, 2.24) is 26.3 Å². The normalized spacial score (nSPS) is 27.3. The smallest absolute Gasteiger partial charge is 0.407 e. The maximum absolute atomic E-state index is 13.2. The molecular formula is C35H54N8O10. The second kappa shape index (κ2) is 18.6. The zero-order chi connectivity index (χ0) is 38.8. The predicted octanol–water partition coefficient (Wildman–Crippen LogP) is -0.0374. The number of pyridine rings is 1. The molecule has 18 nitrogen and oxygen atoms in total. The Morgan fingerprint density at radius 2 is 1.98 bits per heavy atom. The Hall–Kier alpha value is -4.36. The first kappa shape index (κ1) is 41.4. The fourth-order valence-corrected chi connectivity index (χ4v) is 7.06. The molecule has 4 rings (SSSR count). The van der Waals surface area contributed by atoms with Gasteiger partial charge in [0.2, 0.25) is 11.8 Å². The third kappa shape index (κ3) is 11.8. The van der Waals surface area contributed by atoms with Gasteiger partial charge in [-0.1, -0.05) is 17.7 Å². The number of carbonyl (C=O) groups excluding carboxylic acids is 3. The van der Waals surface area contributed by atoms with Gasteiger partial charge in [-0.05, 0) is 64.5 Å². The standard InChI is InChI=1S/C35H54N8O10/c1-20(2)9-10-25-34(3,53-25)30-29(50-4)24(11-12-35(30)19-51-35)52-33(49)41-18-27(45)42-22(8-6-14-39-32(36)37)31(48)40-17-26(44)43-23(15-28(46)47)21-7-5-13-38-16-21/h5,7,9,13,16,22-26,29-30,43-44H,6,8,10-12,14-15,17-19H2,1-4H3,(H,40,48)(H,41,49)(H,42,45)(H,46,47)(H4,36,37,39)/t22-,23-,24+,25+,26+,29+,30+,34-,35-/m0/s1. The van der Waals surface area contributed by atoms with Crippen LogP contribution in [0.3, 0.4) is 0 Å². The number of amides is 3. The van der Waals surface area contributed by atoms with Crippen LogP contribution in [0, 0.1) is 5.92 Å². The van der Waals surface area contributed by atoms with E-state index in [-0.39, 0.29) is 43.9 Å². The highest BCUT2D eigenvalue weighted by molar-refractivity contribution is 5.89. The first-order valence-electron chi connectivity index (χ1n) is 17.8. The highest BCUT2D eigenvalue weighted by atomic mass is 16.6. The lowest BCUT2D eigenvalue weighted by molar-refractivity contribution is -0.138. The number of rotatable bonds is 20. The molecule has 2 saturated heterocycles. The van der Waals surface area contributed by atoms with Gasteiger partial charge in [-0.15, -0.1) is 0 Å². The van der Waals surface area contributed by atoms with Gasteiger partial charge in [0.15, 0.2) is 5.96 Å². The van der Waals surface area contributed by atoms with Crippen LogP contribution in [0.25, 0.3) is 0 Å². The number of hydrogen-bond donors (Lipinski definition) is 8. The molecule has 3 heterocycles. The summed E-state index contributed by atoms with van der Waals surface area (Å²) in [6, 6.07) is 1.43. The average molecular weight is 747 g/mol. The molecule has 1 aliphatic carbocycles. The van der Waals surface area contributed by atoms with Crippen LogP contribution in [0.4, 0.5) is 4.79 Å². The number of aliphatic imine (C=N–C) groups is 1. The number of nitrogens with two attached hydrogens (primary N) is 2. The van der Waals surface area contributed by atoms with Crippen LogP contribution in [0.15, 0.2) is 41.2 Å². The van der Waals surface area contributed by atoms with Crippen molar-refractivity contribution in [2.75, 3.05) is 33.4 Å². The van der Waals surface area contributed by atoms with Gasteiger partial charge in [0.1, 0.15) is 42.2 Å². The Bertz CT molecular complexity index is 1480. The Balaban J connectivity index is 1.30. The number of epoxide rings is 2. The Labute approximate surface area is 308 Å². The van der Waals surface area contributed by atoms with Gasteiger partial charge in [0.25, 0.3) is 0 Å². The Morgan fingerprint density at radius 3 is 2.60 bits per heavy atom. The van der Waals surface area contributed by atoms with E-state index in [2.05, 4.69) is 37.3 Å². The average Bonchev–Trinajstić information content (AvgIpc) is 4.03. The number of hydrogen-bond acceptors (Lipinski definition) is 12. The molecule has 0 radical (unpaired) electrons. The summed E-state index contributed by atoms with van der Waals surface area (Å²) in [4.78, 5) is 58.4. The summed E-state index contributed by atoms with van der Waals surface area (Å²) in [5.74, 6) is -2.70. The number of aliphatic hydroxyl groups is 1. The number of aliphatic hydroxyl groups excluding tert-OH is 1. The molecule has 3 aliphatic rings. The number of carboxylic acid groups (broad SMARTS) is 1. The summed E-state index contributed by atoms with van der Waals surface area (Å²) in [7, 11) is 1.57. The molecule has 1 spiro atoms. The summed E-state index contributed by atoms with van der Waals surface area (Å²) in [6.45, 7) is 6.09. The number of carboxylic acids is 1. The minimum atomic E-state index is -1.34. The number of ether oxygens (including phenoxy) is 4. The number of carbonyl (C=O) groups is 4. The maximum atomic E-state index is 13.2. The molecule has 18 heteroatoms. The summed E-state index contributed by atoms with van der Waals surface area (Å²) in [5, 5.41) is 30.3. The number of alkyl carbamates (subject to hydrolysis) is 1. The number of aromatic nitrogens is 1. The maximum Gasteiger partial charge on any atom is 0.407 e. The van der Waals surface area contributed by atoms with Gasteiger partial charge >= 0.3 is 12.1 Å². The molecule has 1 aromatic rings.